The Morgan fingerprint density at radius 2 is 1.52 bits per heavy atom. The monoisotopic (exact) mass is 344 g/mol. The third-order valence-corrected chi connectivity index (χ3v) is 4.27. The molecule has 0 radical (unpaired) electrons. The second kappa shape index (κ2) is 5.98. The van der Waals surface area contributed by atoms with Gasteiger partial charge in [-0.25, -0.2) is 0 Å². The first-order valence-corrected chi connectivity index (χ1v) is 6.65. The Hall–Kier alpha value is -1.28. The van der Waals surface area contributed by atoms with E-state index in [1.165, 1.54) is 6.92 Å². The quantitative estimate of drug-likeness (QED) is 0.829. The molecule has 2 nitrogen and oxygen atoms in total. The van der Waals surface area contributed by atoms with Gasteiger partial charge in [0.05, 0.1) is 6.61 Å². The smallest absolute Gasteiger partial charge is 0.395 e. The number of ether oxygens (including phenoxy) is 1. The van der Waals surface area contributed by atoms with Crippen molar-refractivity contribution in [3.8, 4) is 0 Å². The van der Waals surface area contributed by atoms with Gasteiger partial charge in [0.2, 0.25) is 0 Å². The lowest BCUT2D eigenvalue weighted by molar-refractivity contribution is -0.269. The summed E-state index contributed by atoms with van der Waals surface area (Å²) >= 11 is 0. The van der Waals surface area contributed by atoms with E-state index in [9.17, 15) is 26.3 Å². The van der Waals surface area contributed by atoms with E-state index >= 15 is 0 Å². The van der Waals surface area contributed by atoms with E-state index in [1.807, 2.05) is 0 Å². The molecule has 1 rings (SSSR count). The summed E-state index contributed by atoms with van der Waals surface area (Å²) in [6.07, 6.45) is -9.48. The third kappa shape index (κ3) is 3.19. The Bertz CT molecular complexity index is 566. The van der Waals surface area contributed by atoms with E-state index in [-0.39, 0.29) is 16.7 Å². The Balaban J connectivity index is 3.49. The van der Waals surface area contributed by atoms with Crippen molar-refractivity contribution in [2.45, 2.75) is 44.1 Å². The molecular weight excluding hydrogens is 326 g/mol. The Morgan fingerprint density at radius 1 is 1.00 bits per heavy atom. The van der Waals surface area contributed by atoms with Crippen molar-refractivity contribution in [3.05, 3.63) is 34.9 Å². The number of methoxy groups -OCH3 is 1. The van der Waals surface area contributed by atoms with Gasteiger partial charge < -0.3 is 9.84 Å². The molecule has 2 unspecified atom stereocenters. The predicted octanol–water partition coefficient (Wildman–Crippen LogP) is 4.23. The summed E-state index contributed by atoms with van der Waals surface area (Å²) in [4.78, 5) is 0. The molecule has 1 aromatic carbocycles. The third-order valence-electron chi connectivity index (χ3n) is 4.27. The molecule has 0 fully saturated rings. The van der Waals surface area contributed by atoms with Gasteiger partial charge in [-0.2, -0.15) is 26.3 Å². The van der Waals surface area contributed by atoms with Crippen molar-refractivity contribution < 1.29 is 36.2 Å². The van der Waals surface area contributed by atoms with Crippen molar-refractivity contribution >= 4 is 0 Å². The zero-order valence-electron chi connectivity index (χ0n) is 13.1. The molecule has 0 aromatic heterocycles. The van der Waals surface area contributed by atoms with Crippen molar-refractivity contribution in [2.75, 3.05) is 13.7 Å². The van der Waals surface area contributed by atoms with E-state index in [0.29, 0.717) is 0 Å². The predicted molar refractivity (Wildman–Crippen MR) is 72.1 cm³/mol. The lowest BCUT2D eigenvalue weighted by Gasteiger charge is -2.34. The van der Waals surface area contributed by atoms with Crippen LogP contribution >= 0.6 is 0 Å². The van der Waals surface area contributed by atoms with Gasteiger partial charge in [-0.15, -0.1) is 0 Å². The van der Waals surface area contributed by atoms with Crippen molar-refractivity contribution in [1.29, 1.82) is 0 Å². The molecule has 1 aromatic rings. The highest BCUT2D eigenvalue weighted by atomic mass is 19.4. The van der Waals surface area contributed by atoms with Crippen LogP contribution in [0.2, 0.25) is 0 Å². The zero-order valence-corrected chi connectivity index (χ0v) is 13.1. The molecular formula is C15H18F6O2. The van der Waals surface area contributed by atoms with E-state index in [0.717, 1.165) is 39.2 Å². The second-order valence-corrected chi connectivity index (χ2v) is 5.75. The molecule has 2 atom stereocenters. The average Bonchev–Trinajstić information content (AvgIpc) is 2.42. The minimum atomic E-state index is -4.75. The lowest BCUT2D eigenvalue weighted by Crippen LogP contribution is -2.44. The topological polar surface area (TPSA) is 29.5 Å². The van der Waals surface area contributed by atoms with Crippen LogP contribution in [0.4, 0.5) is 26.3 Å². The molecule has 132 valence electrons. The molecule has 0 amide bonds. The summed E-state index contributed by atoms with van der Waals surface area (Å²) in [6, 6.07) is 2.90. The molecule has 0 saturated heterocycles. The highest BCUT2D eigenvalue weighted by molar-refractivity contribution is 5.39. The highest BCUT2D eigenvalue weighted by Gasteiger charge is 2.55. The van der Waals surface area contributed by atoms with Gasteiger partial charge in [0.25, 0.3) is 0 Å². The fraction of sp³-hybridized carbons (Fsp3) is 0.600. The summed E-state index contributed by atoms with van der Waals surface area (Å²) in [5.74, 6) is 0. The maximum Gasteiger partial charge on any atom is 0.421 e. The van der Waals surface area contributed by atoms with Gasteiger partial charge in [-0.1, -0.05) is 18.2 Å². The van der Waals surface area contributed by atoms with Crippen molar-refractivity contribution in [3.63, 3.8) is 0 Å². The van der Waals surface area contributed by atoms with Gasteiger partial charge in [-0.05, 0) is 37.5 Å². The number of benzene rings is 1. The number of aliphatic hydroxyl groups is 1. The molecule has 0 spiro atoms. The average molecular weight is 344 g/mol. The summed E-state index contributed by atoms with van der Waals surface area (Å²) in [5, 5.41) is 9.15. The molecule has 0 aliphatic heterocycles. The first-order chi connectivity index (χ1) is 10.2. The molecule has 8 heteroatoms. The minimum absolute atomic E-state index is 0.00639. The Morgan fingerprint density at radius 3 is 1.83 bits per heavy atom. The first-order valence-electron chi connectivity index (χ1n) is 6.65. The minimum Gasteiger partial charge on any atom is -0.395 e. The summed E-state index contributed by atoms with van der Waals surface area (Å²) in [7, 11) is 0.883. The van der Waals surface area contributed by atoms with Crippen molar-refractivity contribution in [2.24, 2.45) is 0 Å². The van der Waals surface area contributed by atoms with Crippen LogP contribution in [0.3, 0.4) is 0 Å². The number of hydrogen-bond acceptors (Lipinski definition) is 2. The van der Waals surface area contributed by atoms with Crippen LogP contribution in [0.1, 0.15) is 30.5 Å². The summed E-state index contributed by atoms with van der Waals surface area (Å²) < 4.78 is 83.7. The summed E-state index contributed by atoms with van der Waals surface area (Å²) in [6.45, 7) is 1.66. The largest absolute Gasteiger partial charge is 0.421 e. The Kier molecular flexibility index (Phi) is 5.14. The van der Waals surface area contributed by atoms with Gasteiger partial charge in [-0.3, -0.25) is 0 Å². The SMILES string of the molecule is COC(C)(c1ccc(C(C)(CO)C(F)(F)F)cc1C)C(F)(F)F. The molecule has 0 aliphatic carbocycles. The molecule has 1 N–H and O–H groups in total. The maximum absolute atomic E-state index is 13.2. The second-order valence-electron chi connectivity index (χ2n) is 5.75. The summed E-state index contributed by atoms with van der Waals surface area (Å²) in [5.41, 5.74) is -5.79. The van der Waals surface area contributed by atoms with E-state index in [2.05, 4.69) is 4.74 Å². The first kappa shape index (κ1) is 19.8. The standard InChI is InChI=1S/C15H18F6O2/c1-9-7-10(12(2,8-22)14(16,17)18)5-6-11(9)13(3,23-4)15(19,20)21/h5-7,22H,8H2,1-4H3. The van der Waals surface area contributed by atoms with Crippen LogP contribution in [-0.4, -0.2) is 31.2 Å². The number of hydrogen-bond donors (Lipinski definition) is 1. The van der Waals surface area contributed by atoms with Gasteiger partial charge >= 0.3 is 12.4 Å². The number of alkyl halides is 6. The van der Waals surface area contributed by atoms with Gasteiger partial charge in [0.15, 0.2) is 5.60 Å². The molecule has 23 heavy (non-hydrogen) atoms. The van der Waals surface area contributed by atoms with Crippen LogP contribution in [0, 0.1) is 6.92 Å². The van der Waals surface area contributed by atoms with E-state index < -0.39 is 30.0 Å². The molecule has 0 aliphatic rings. The van der Waals surface area contributed by atoms with E-state index in [1.54, 1.807) is 0 Å². The Labute approximate surface area is 130 Å². The number of rotatable bonds is 4. The normalized spacial score (nSPS) is 18.4. The molecule has 0 heterocycles. The van der Waals surface area contributed by atoms with E-state index in [4.69, 9.17) is 5.11 Å². The lowest BCUT2D eigenvalue weighted by atomic mass is 9.79. The maximum atomic E-state index is 13.2. The zero-order chi connectivity index (χ0) is 18.3. The molecule has 0 bridgehead atoms. The van der Waals surface area contributed by atoms with Crippen LogP contribution in [0.5, 0.6) is 0 Å². The highest BCUT2D eigenvalue weighted by Crippen LogP contribution is 2.45. The van der Waals surface area contributed by atoms with Crippen LogP contribution < -0.4 is 0 Å². The fourth-order valence-corrected chi connectivity index (χ4v) is 2.27. The van der Waals surface area contributed by atoms with Gasteiger partial charge in [0, 0.05) is 7.11 Å². The molecule has 0 saturated carbocycles. The van der Waals surface area contributed by atoms with Gasteiger partial charge in [0.1, 0.15) is 5.41 Å². The number of aryl methyl sites for hydroxylation is 1. The fourth-order valence-electron chi connectivity index (χ4n) is 2.27. The number of aliphatic hydroxyl groups excluding tert-OH is 1. The number of halogens is 6. The van der Waals surface area contributed by atoms with Crippen molar-refractivity contribution in [1.82, 2.24) is 0 Å². The van der Waals surface area contributed by atoms with Crippen LogP contribution in [0.15, 0.2) is 18.2 Å². The van der Waals surface area contributed by atoms with Crippen LogP contribution in [-0.2, 0) is 15.8 Å². The van der Waals surface area contributed by atoms with Crippen LogP contribution in [0.25, 0.3) is 0 Å².